The standard InChI is InChI=1S/C13H8FNO/c14-8-5-6-10-9-3-1-2-4-11(9)13(16)15-12(10)7-8/h1-7H,(H,15,16). The summed E-state index contributed by atoms with van der Waals surface area (Å²) in [4.78, 5) is 3.98. The summed E-state index contributed by atoms with van der Waals surface area (Å²) >= 11 is 0. The van der Waals surface area contributed by atoms with Gasteiger partial charge in [0.25, 0.3) is 0 Å². The predicted octanol–water partition coefficient (Wildman–Crippen LogP) is 3.23. The molecule has 0 aliphatic heterocycles. The maximum atomic E-state index is 13.0. The fourth-order valence-electron chi connectivity index (χ4n) is 1.91. The van der Waals surface area contributed by atoms with Gasteiger partial charge in [0, 0.05) is 16.8 Å². The van der Waals surface area contributed by atoms with E-state index in [2.05, 4.69) is 4.98 Å². The van der Waals surface area contributed by atoms with Gasteiger partial charge in [-0.1, -0.05) is 18.2 Å². The molecule has 0 saturated carbocycles. The number of hydrogen-bond donors (Lipinski definition) is 1. The third kappa shape index (κ3) is 1.21. The van der Waals surface area contributed by atoms with Crippen LogP contribution in [0.15, 0.2) is 42.5 Å². The summed E-state index contributed by atoms with van der Waals surface area (Å²) in [6.45, 7) is 0. The average Bonchev–Trinajstić information content (AvgIpc) is 2.29. The Kier molecular flexibility index (Phi) is 1.80. The molecule has 16 heavy (non-hydrogen) atoms. The zero-order chi connectivity index (χ0) is 11.1. The van der Waals surface area contributed by atoms with E-state index in [1.165, 1.54) is 12.1 Å². The summed E-state index contributed by atoms with van der Waals surface area (Å²) in [6.07, 6.45) is 0. The lowest BCUT2D eigenvalue weighted by atomic mass is 10.1. The van der Waals surface area contributed by atoms with E-state index in [4.69, 9.17) is 0 Å². The van der Waals surface area contributed by atoms with Crippen LogP contribution in [0.2, 0.25) is 0 Å². The third-order valence-corrected chi connectivity index (χ3v) is 2.64. The SMILES string of the molecule is Oc1nc2cc(F)ccc2c2ccccc12. The Balaban J connectivity index is 2.59. The van der Waals surface area contributed by atoms with Crippen molar-refractivity contribution in [2.24, 2.45) is 0 Å². The molecule has 0 unspecified atom stereocenters. The minimum absolute atomic E-state index is 0.0614. The number of rotatable bonds is 0. The first-order valence-corrected chi connectivity index (χ1v) is 4.93. The second-order valence-corrected chi connectivity index (χ2v) is 3.64. The highest BCUT2D eigenvalue weighted by atomic mass is 19.1. The van der Waals surface area contributed by atoms with E-state index in [1.54, 1.807) is 12.1 Å². The van der Waals surface area contributed by atoms with Gasteiger partial charge in [-0.05, 0) is 23.6 Å². The van der Waals surface area contributed by atoms with Crippen LogP contribution in [-0.2, 0) is 0 Å². The van der Waals surface area contributed by atoms with Crippen molar-refractivity contribution >= 4 is 21.7 Å². The Bertz CT molecular complexity index is 694. The van der Waals surface area contributed by atoms with Crippen molar-refractivity contribution in [1.29, 1.82) is 0 Å². The van der Waals surface area contributed by atoms with Gasteiger partial charge in [0.05, 0.1) is 5.52 Å². The number of hydrogen-bond acceptors (Lipinski definition) is 2. The van der Waals surface area contributed by atoms with Crippen molar-refractivity contribution in [1.82, 2.24) is 4.98 Å². The quantitative estimate of drug-likeness (QED) is 0.581. The van der Waals surface area contributed by atoms with Crippen LogP contribution in [0.1, 0.15) is 0 Å². The Morgan fingerprint density at radius 1 is 0.938 bits per heavy atom. The third-order valence-electron chi connectivity index (χ3n) is 2.64. The fourth-order valence-corrected chi connectivity index (χ4v) is 1.91. The summed E-state index contributed by atoms with van der Waals surface area (Å²) in [7, 11) is 0. The highest BCUT2D eigenvalue weighted by molar-refractivity contribution is 6.07. The van der Waals surface area contributed by atoms with Gasteiger partial charge in [-0.3, -0.25) is 0 Å². The van der Waals surface area contributed by atoms with Crippen LogP contribution in [0.3, 0.4) is 0 Å². The lowest BCUT2D eigenvalue weighted by Gasteiger charge is -2.04. The number of fused-ring (bicyclic) bond motifs is 3. The number of pyridine rings is 1. The molecule has 0 aliphatic rings. The molecular weight excluding hydrogens is 205 g/mol. The van der Waals surface area contributed by atoms with Crippen LogP contribution >= 0.6 is 0 Å². The first-order valence-electron chi connectivity index (χ1n) is 4.93. The molecule has 3 heteroatoms. The van der Waals surface area contributed by atoms with Crippen molar-refractivity contribution < 1.29 is 9.50 Å². The number of aromatic hydroxyl groups is 1. The minimum Gasteiger partial charge on any atom is -0.493 e. The van der Waals surface area contributed by atoms with Crippen molar-refractivity contribution in [3.8, 4) is 5.88 Å². The smallest absolute Gasteiger partial charge is 0.219 e. The topological polar surface area (TPSA) is 33.1 Å². The van der Waals surface area contributed by atoms with E-state index >= 15 is 0 Å². The van der Waals surface area contributed by atoms with Gasteiger partial charge in [-0.25, -0.2) is 9.37 Å². The largest absolute Gasteiger partial charge is 0.493 e. The predicted molar refractivity (Wildman–Crippen MR) is 60.9 cm³/mol. The van der Waals surface area contributed by atoms with Crippen molar-refractivity contribution in [3.05, 3.63) is 48.3 Å². The molecule has 3 rings (SSSR count). The molecule has 1 N–H and O–H groups in total. The molecule has 0 fully saturated rings. The average molecular weight is 213 g/mol. The van der Waals surface area contributed by atoms with E-state index in [9.17, 15) is 9.50 Å². The van der Waals surface area contributed by atoms with Crippen LogP contribution in [-0.4, -0.2) is 10.1 Å². The normalized spacial score (nSPS) is 11.1. The van der Waals surface area contributed by atoms with Crippen LogP contribution in [0.5, 0.6) is 5.88 Å². The highest BCUT2D eigenvalue weighted by Crippen LogP contribution is 2.29. The van der Waals surface area contributed by atoms with Crippen LogP contribution < -0.4 is 0 Å². The van der Waals surface area contributed by atoms with E-state index in [1.807, 2.05) is 18.2 Å². The molecule has 0 radical (unpaired) electrons. The molecule has 1 aromatic heterocycles. The van der Waals surface area contributed by atoms with Gasteiger partial charge in [-0.15, -0.1) is 0 Å². The number of halogens is 1. The molecule has 1 heterocycles. The molecule has 78 valence electrons. The van der Waals surface area contributed by atoms with Crippen LogP contribution in [0.4, 0.5) is 4.39 Å². The molecule has 3 aromatic rings. The van der Waals surface area contributed by atoms with Gasteiger partial charge in [0.15, 0.2) is 0 Å². The lowest BCUT2D eigenvalue weighted by Crippen LogP contribution is -1.85. The van der Waals surface area contributed by atoms with Crippen LogP contribution in [0.25, 0.3) is 21.7 Å². The summed E-state index contributed by atoms with van der Waals surface area (Å²) in [5.74, 6) is -0.414. The zero-order valence-electron chi connectivity index (χ0n) is 8.31. The van der Waals surface area contributed by atoms with Crippen molar-refractivity contribution in [2.45, 2.75) is 0 Å². The molecular formula is C13H8FNO. The molecule has 0 amide bonds. The zero-order valence-corrected chi connectivity index (χ0v) is 8.31. The summed E-state index contributed by atoms with van der Waals surface area (Å²) in [6, 6.07) is 11.8. The maximum Gasteiger partial charge on any atom is 0.219 e. The molecule has 0 spiro atoms. The van der Waals surface area contributed by atoms with E-state index in [-0.39, 0.29) is 11.7 Å². The number of benzene rings is 2. The molecule has 0 bridgehead atoms. The fraction of sp³-hybridized carbons (Fsp3) is 0. The van der Waals surface area contributed by atoms with Crippen molar-refractivity contribution in [3.63, 3.8) is 0 Å². The van der Waals surface area contributed by atoms with E-state index in [0.717, 1.165) is 10.8 Å². The highest BCUT2D eigenvalue weighted by Gasteiger charge is 2.06. The first kappa shape index (κ1) is 9.09. The summed E-state index contributed by atoms with van der Waals surface area (Å²) in [5.41, 5.74) is 0.469. The molecule has 0 atom stereocenters. The van der Waals surface area contributed by atoms with Gasteiger partial charge >= 0.3 is 0 Å². The number of aromatic nitrogens is 1. The Morgan fingerprint density at radius 3 is 2.50 bits per heavy atom. The van der Waals surface area contributed by atoms with E-state index in [0.29, 0.717) is 10.9 Å². The van der Waals surface area contributed by atoms with Gasteiger partial charge in [-0.2, -0.15) is 0 Å². The molecule has 0 saturated heterocycles. The van der Waals surface area contributed by atoms with Gasteiger partial charge < -0.3 is 5.11 Å². The van der Waals surface area contributed by atoms with Crippen molar-refractivity contribution in [2.75, 3.05) is 0 Å². The molecule has 2 nitrogen and oxygen atoms in total. The van der Waals surface area contributed by atoms with Crippen LogP contribution in [0, 0.1) is 5.82 Å². The summed E-state index contributed by atoms with van der Waals surface area (Å²) in [5, 5.41) is 12.1. The number of nitrogens with zero attached hydrogens (tertiary/aromatic N) is 1. The Labute approximate surface area is 91.0 Å². The maximum absolute atomic E-state index is 13.0. The summed E-state index contributed by atoms with van der Waals surface area (Å²) < 4.78 is 13.0. The molecule has 2 aromatic carbocycles. The Morgan fingerprint density at radius 2 is 1.69 bits per heavy atom. The Hall–Kier alpha value is -2.16. The van der Waals surface area contributed by atoms with E-state index < -0.39 is 0 Å². The second-order valence-electron chi connectivity index (χ2n) is 3.64. The first-order chi connectivity index (χ1) is 7.75. The second kappa shape index (κ2) is 3.17. The minimum atomic E-state index is -0.352. The molecule has 0 aliphatic carbocycles. The lowest BCUT2D eigenvalue weighted by molar-refractivity contribution is 0.462. The van der Waals surface area contributed by atoms with Gasteiger partial charge in [0.2, 0.25) is 5.88 Å². The van der Waals surface area contributed by atoms with Gasteiger partial charge in [0.1, 0.15) is 5.82 Å². The monoisotopic (exact) mass is 213 g/mol.